The van der Waals surface area contributed by atoms with Crippen LogP contribution in [0.4, 0.5) is 5.69 Å². The molecule has 0 N–H and O–H groups in total. The number of aryl methyl sites for hydroxylation is 3. The van der Waals surface area contributed by atoms with Crippen LogP contribution in [-0.4, -0.2) is 9.91 Å². The van der Waals surface area contributed by atoms with Crippen LogP contribution in [0.5, 0.6) is 11.6 Å². The van der Waals surface area contributed by atoms with E-state index in [4.69, 9.17) is 4.74 Å². The van der Waals surface area contributed by atoms with Gasteiger partial charge in [0.15, 0.2) is 0 Å². The fourth-order valence-corrected chi connectivity index (χ4v) is 1.98. The Morgan fingerprint density at radius 2 is 1.85 bits per heavy atom. The van der Waals surface area contributed by atoms with Crippen molar-refractivity contribution in [3.05, 3.63) is 55.7 Å². The monoisotopic (exact) mass is 336 g/mol. The van der Waals surface area contributed by atoms with E-state index in [0.717, 1.165) is 10.0 Å². The minimum absolute atomic E-state index is 0.0924. The minimum atomic E-state index is -0.395. The Morgan fingerprint density at radius 3 is 2.45 bits per heavy atom. The molecule has 0 bridgehead atoms. The van der Waals surface area contributed by atoms with Crippen molar-refractivity contribution in [1.29, 1.82) is 0 Å². The van der Waals surface area contributed by atoms with E-state index < -0.39 is 4.92 Å². The molecule has 0 aliphatic carbocycles. The van der Waals surface area contributed by atoms with Crippen molar-refractivity contribution in [2.45, 2.75) is 20.8 Å². The van der Waals surface area contributed by atoms with E-state index in [1.807, 2.05) is 6.92 Å². The van der Waals surface area contributed by atoms with Gasteiger partial charge in [-0.05, 0) is 53.9 Å². The van der Waals surface area contributed by atoms with Gasteiger partial charge in [0.2, 0.25) is 5.88 Å². The maximum Gasteiger partial charge on any atom is 0.272 e. The van der Waals surface area contributed by atoms with E-state index in [-0.39, 0.29) is 5.69 Å². The van der Waals surface area contributed by atoms with Gasteiger partial charge in [-0.3, -0.25) is 10.1 Å². The van der Waals surface area contributed by atoms with Crippen molar-refractivity contribution in [1.82, 2.24) is 4.98 Å². The number of hydrogen-bond donors (Lipinski definition) is 0. The van der Waals surface area contributed by atoms with Gasteiger partial charge < -0.3 is 4.74 Å². The van der Waals surface area contributed by atoms with Gasteiger partial charge in [-0.25, -0.2) is 4.98 Å². The summed E-state index contributed by atoms with van der Waals surface area (Å²) in [5.74, 6) is 1.03. The van der Waals surface area contributed by atoms with E-state index in [9.17, 15) is 10.1 Å². The van der Waals surface area contributed by atoms with Crippen LogP contribution in [0.2, 0.25) is 0 Å². The van der Waals surface area contributed by atoms with Gasteiger partial charge in [-0.15, -0.1) is 0 Å². The minimum Gasteiger partial charge on any atom is -0.439 e. The summed E-state index contributed by atoms with van der Waals surface area (Å²) in [7, 11) is 0. The first-order valence-corrected chi connectivity index (χ1v) is 6.73. The molecule has 5 nitrogen and oxygen atoms in total. The van der Waals surface area contributed by atoms with Crippen molar-refractivity contribution in [2.75, 3.05) is 0 Å². The molecule has 1 heterocycles. The predicted molar refractivity (Wildman–Crippen MR) is 79.3 cm³/mol. The summed E-state index contributed by atoms with van der Waals surface area (Å²) in [6.07, 6.45) is 1.66. The van der Waals surface area contributed by atoms with E-state index in [1.54, 1.807) is 32.2 Å². The molecule has 6 heteroatoms. The van der Waals surface area contributed by atoms with Gasteiger partial charge in [0, 0.05) is 28.4 Å². The Kier molecular flexibility index (Phi) is 4.04. The number of benzene rings is 1. The second kappa shape index (κ2) is 5.58. The van der Waals surface area contributed by atoms with Crippen molar-refractivity contribution in [3.63, 3.8) is 0 Å². The highest BCUT2D eigenvalue weighted by atomic mass is 79.9. The molecule has 1 aromatic heterocycles. The number of halogens is 1. The summed E-state index contributed by atoms with van der Waals surface area (Å²) in [6.45, 7) is 5.39. The lowest BCUT2D eigenvalue weighted by Crippen LogP contribution is -1.96. The molecule has 104 valence electrons. The van der Waals surface area contributed by atoms with Crippen LogP contribution < -0.4 is 4.74 Å². The van der Waals surface area contributed by atoms with Crippen LogP contribution in [0, 0.1) is 30.9 Å². The molecule has 2 rings (SSSR count). The molecule has 0 fully saturated rings. The fourth-order valence-electron chi connectivity index (χ4n) is 1.76. The number of hydrogen-bond acceptors (Lipinski definition) is 4. The highest BCUT2D eigenvalue weighted by Crippen LogP contribution is 2.31. The molecule has 0 spiro atoms. The normalized spacial score (nSPS) is 10.4. The van der Waals surface area contributed by atoms with Crippen molar-refractivity contribution in [3.8, 4) is 11.6 Å². The van der Waals surface area contributed by atoms with Crippen LogP contribution in [0.15, 0.2) is 28.9 Å². The zero-order chi connectivity index (χ0) is 14.9. The zero-order valence-electron chi connectivity index (χ0n) is 11.3. The number of nitro groups is 1. The summed E-state index contributed by atoms with van der Waals surface area (Å²) in [4.78, 5) is 14.6. The maximum atomic E-state index is 10.9. The Hall–Kier alpha value is -1.95. The van der Waals surface area contributed by atoms with Gasteiger partial charge in [0.05, 0.1) is 4.92 Å². The topological polar surface area (TPSA) is 65.3 Å². The van der Waals surface area contributed by atoms with Gasteiger partial charge in [-0.1, -0.05) is 0 Å². The number of rotatable bonds is 3. The molecule has 20 heavy (non-hydrogen) atoms. The first kappa shape index (κ1) is 14.5. The van der Waals surface area contributed by atoms with Crippen LogP contribution in [0.1, 0.15) is 16.7 Å². The van der Waals surface area contributed by atoms with Gasteiger partial charge >= 0.3 is 0 Å². The Labute approximate surface area is 124 Å². The molecule has 2 aromatic rings. The molecular weight excluding hydrogens is 324 g/mol. The van der Waals surface area contributed by atoms with E-state index >= 15 is 0 Å². The summed E-state index contributed by atoms with van der Waals surface area (Å²) in [6, 6.07) is 4.98. The highest BCUT2D eigenvalue weighted by Gasteiger charge is 2.14. The fraction of sp³-hybridized carbons (Fsp3) is 0.214. The van der Waals surface area contributed by atoms with Crippen LogP contribution in [-0.2, 0) is 0 Å². The number of pyridine rings is 1. The zero-order valence-corrected chi connectivity index (χ0v) is 12.9. The maximum absolute atomic E-state index is 10.9. The lowest BCUT2D eigenvalue weighted by Gasteiger charge is -2.10. The average molecular weight is 337 g/mol. The molecule has 0 saturated heterocycles. The SMILES string of the molecule is Cc1cc(Oc2cc(C)c([N+](=O)[O-])cc2C)ncc1Br. The van der Waals surface area contributed by atoms with E-state index in [1.165, 1.54) is 6.07 Å². The second-order valence-electron chi connectivity index (χ2n) is 4.54. The third kappa shape index (κ3) is 2.96. The summed E-state index contributed by atoms with van der Waals surface area (Å²) in [5.41, 5.74) is 2.36. The Bertz CT molecular complexity index is 686. The lowest BCUT2D eigenvalue weighted by atomic mass is 10.1. The predicted octanol–water partition coefficient (Wildman–Crippen LogP) is 4.47. The van der Waals surface area contributed by atoms with E-state index in [2.05, 4.69) is 20.9 Å². The van der Waals surface area contributed by atoms with Crippen LogP contribution >= 0.6 is 15.9 Å². The van der Waals surface area contributed by atoms with Crippen LogP contribution in [0.25, 0.3) is 0 Å². The second-order valence-corrected chi connectivity index (χ2v) is 5.39. The molecule has 0 unspecified atom stereocenters. The molecule has 1 aromatic carbocycles. The molecule has 0 saturated carbocycles. The quantitative estimate of drug-likeness (QED) is 0.612. The number of nitro benzene ring substituents is 1. The first-order valence-electron chi connectivity index (χ1n) is 5.94. The molecule has 0 aliphatic heterocycles. The first-order chi connectivity index (χ1) is 9.38. The summed E-state index contributed by atoms with van der Waals surface area (Å²) in [5, 5.41) is 10.9. The van der Waals surface area contributed by atoms with Gasteiger partial charge in [-0.2, -0.15) is 0 Å². The molecule has 0 atom stereocenters. The largest absolute Gasteiger partial charge is 0.439 e. The standard InChI is InChI=1S/C14H13BrN2O3/c1-8-6-14(16-7-11(8)15)20-13-5-9(2)12(17(18)19)4-10(13)3/h4-7H,1-3H3. The van der Waals surface area contributed by atoms with E-state index in [0.29, 0.717) is 22.8 Å². The number of aromatic nitrogens is 1. The smallest absolute Gasteiger partial charge is 0.272 e. The van der Waals surface area contributed by atoms with Crippen LogP contribution in [0.3, 0.4) is 0 Å². The Balaban J connectivity index is 2.36. The van der Waals surface area contributed by atoms with Crippen molar-refractivity contribution >= 4 is 21.6 Å². The third-order valence-corrected chi connectivity index (χ3v) is 3.76. The van der Waals surface area contributed by atoms with Crippen molar-refractivity contribution < 1.29 is 9.66 Å². The summed E-state index contributed by atoms with van der Waals surface area (Å²) < 4.78 is 6.61. The molecular formula is C14H13BrN2O3. The van der Waals surface area contributed by atoms with Crippen molar-refractivity contribution in [2.24, 2.45) is 0 Å². The van der Waals surface area contributed by atoms with Gasteiger partial charge in [0.25, 0.3) is 5.69 Å². The highest BCUT2D eigenvalue weighted by molar-refractivity contribution is 9.10. The average Bonchev–Trinajstić information content (AvgIpc) is 2.37. The number of nitrogens with zero attached hydrogens (tertiary/aromatic N) is 2. The number of ether oxygens (including phenoxy) is 1. The Morgan fingerprint density at radius 1 is 1.15 bits per heavy atom. The third-order valence-electron chi connectivity index (χ3n) is 2.93. The molecule has 0 radical (unpaired) electrons. The molecule has 0 aliphatic rings. The molecule has 0 amide bonds. The lowest BCUT2D eigenvalue weighted by molar-refractivity contribution is -0.385. The summed E-state index contributed by atoms with van der Waals surface area (Å²) >= 11 is 3.37. The van der Waals surface area contributed by atoms with Gasteiger partial charge in [0.1, 0.15) is 5.75 Å².